The Kier molecular flexibility index (Phi) is 6.32. The Bertz CT molecular complexity index is 187. The predicted molar refractivity (Wildman–Crippen MR) is 68.8 cm³/mol. The highest BCUT2D eigenvalue weighted by molar-refractivity contribution is 4.77. The van der Waals surface area contributed by atoms with Crippen LogP contribution in [-0.4, -0.2) is 49.3 Å². The molecule has 0 aliphatic carbocycles. The molecule has 0 aromatic rings. The molecular formula is C13H28N2O. The summed E-state index contributed by atoms with van der Waals surface area (Å²) in [5.41, 5.74) is 0. The molecule has 3 nitrogen and oxygen atoms in total. The molecule has 3 atom stereocenters. The third-order valence-corrected chi connectivity index (χ3v) is 3.33. The van der Waals surface area contributed by atoms with Crippen molar-refractivity contribution in [2.75, 3.05) is 26.2 Å². The number of ether oxygens (including phenoxy) is 1. The Balaban J connectivity index is 2.24. The van der Waals surface area contributed by atoms with Crippen LogP contribution in [0.2, 0.25) is 0 Å². The standard InChI is InChI=1S/C13H28N2O/c1-5-6-14-11(2)9-12(3)15-7-8-16-13(4)10-15/h11-14H,5-10H2,1-4H3. The maximum atomic E-state index is 5.57. The lowest BCUT2D eigenvalue weighted by molar-refractivity contribution is -0.0335. The second-order valence-electron chi connectivity index (χ2n) is 5.12. The maximum absolute atomic E-state index is 5.57. The highest BCUT2D eigenvalue weighted by Gasteiger charge is 2.22. The minimum Gasteiger partial charge on any atom is -0.376 e. The van der Waals surface area contributed by atoms with E-state index in [1.165, 1.54) is 12.8 Å². The Labute approximate surface area is 101 Å². The van der Waals surface area contributed by atoms with Gasteiger partial charge in [-0.1, -0.05) is 6.92 Å². The summed E-state index contributed by atoms with van der Waals surface area (Å²) in [6.45, 7) is 13.2. The minimum absolute atomic E-state index is 0.398. The maximum Gasteiger partial charge on any atom is 0.0674 e. The fourth-order valence-corrected chi connectivity index (χ4v) is 2.38. The molecule has 0 spiro atoms. The van der Waals surface area contributed by atoms with E-state index in [9.17, 15) is 0 Å². The molecule has 0 bridgehead atoms. The second kappa shape index (κ2) is 7.25. The van der Waals surface area contributed by atoms with Crippen molar-refractivity contribution in [3.8, 4) is 0 Å². The van der Waals surface area contributed by atoms with Gasteiger partial charge in [0.2, 0.25) is 0 Å². The van der Waals surface area contributed by atoms with E-state index in [0.29, 0.717) is 18.2 Å². The first kappa shape index (κ1) is 13.9. The number of nitrogens with one attached hydrogen (secondary N) is 1. The van der Waals surface area contributed by atoms with Crippen molar-refractivity contribution in [1.29, 1.82) is 0 Å². The van der Waals surface area contributed by atoms with Crippen LogP contribution in [0, 0.1) is 0 Å². The van der Waals surface area contributed by atoms with Crippen molar-refractivity contribution >= 4 is 0 Å². The highest BCUT2D eigenvalue weighted by Crippen LogP contribution is 2.12. The Morgan fingerprint density at radius 1 is 1.44 bits per heavy atom. The molecule has 0 aromatic heterocycles. The van der Waals surface area contributed by atoms with Gasteiger partial charge in [0.1, 0.15) is 0 Å². The van der Waals surface area contributed by atoms with Crippen molar-refractivity contribution in [3.05, 3.63) is 0 Å². The summed E-state index contributed by atoms with van der Waals surface area (Å²) < 4.78 is 5.57. The molecule has 3 unspecified atom stereocenters. The smallest absolute Gasteiger partial charge is 0.0674 e. The summed E-state index contributed by atoms with van der Waals surface area (Å²) in [7, 11) is 0. The lowest BCUT2D eigenvalue weighted by Gasteiger charge is -2.36. The first-order chi connectivity index (χ1) is 7.63. The van der Waals surface area contributed by atoms with E-state index < -0.39 is 0 Å². The number of rotatable bonds is 6. The molecule has 0 radical (unpaired) electrons. The molecule has 1 aliphatic heterocycles. The van der Waals surface area contributed by atoms with Crippen LogP contribution in [0.15, 0.2) is 0 Å². The number of hydrogen-bond donors (Lipinski definition) is 1. The largest absolute Gasteiger partial charge is 0.376 e. The minimum atomic E-state index is 0.398. The third-order valence-electron chi connectivity index (χ3n) is 3.33. The molecular weight excluding hydrogens is 200 g/mol. The Morgan fingerprint density at radius 2 is 2.19 bits per heavy atom. The molecule has 1 aliphatic rings. The first-order valence-electron chi connectivity index (χ1n) is 6.72. The van der Waals surface area contributed by atoms with Crippen LogP contribution in [0.3, 0.4) is 0 Å². The van der Waals surface area contributed by atoms with Crippen molar-refractivity contribution < 1.29 is 4.74 Å². The van der Waals surface area contributed by atoms with Gasteiger partial charge >= 0.3 is 0 Å². The molecule has 1 saturated heterocycles. The van der Waals surface area contributed by atoms with Crippen LogP contribution in [0.1, 0.15) is 40.5 Å². The van der Waals surface area contributed by atoms with Crippen LogP contribution >= 0.6 is 0 Å². The highest BCUT2D eigenvalue weighted by atomic mass is 16.5. The lowest BCUT2D eigenvalue weighted by atomic mass is 10.1. The molecule has 0 amide bonds. The van der Waals surface area contributed by atoms with Crippen molar-refractivity contribution in [1.82, 2.24) is 10.2 Å². The molecule has 96 valence electrons. The van der Waals surface area contributed by atoms with Gasteiger partial charge in [0, 0.05) is 25.2 Å². The average molecular weight is 228 g/mol. The van der Waals surface area contributed by atoms with Crippen LogP contribution in [0.4, 0.5) is 0 Å². The normalized spacial score (nSPS) is 26.6. The first-order valence-corrected chi connectivity index (χ1v) is 6.72. The zero-order chi connectivity index (χ0) is 12.0. The van der Waals surface area contributed by atoms with Crippen LogP contribution in [0.25, 0.3) is 0 Å². The van der Waals surface area contributed by atoms with Crippen molar-refractivity contribution in [2.24, 2.45) is 0 Å². The van der Waals surface area contributed by atoms with Gasteiger partial charge in [-0.25, -0.2) is 0 Å². The van der Waals surface area contributed by atoms with Gasteiger partial charge in [-0.3, -0.25) is 4.90 Å². The quantitative estimate of drug-likeness (QED) is 0.751. The van der Waals surface area contributed by atoms with E-state index in [1.807, 2.05) is 0 Å². The summed E-state index contributed by atoms with van der Waals surface area (Å²) in [4.78, 5) is 2.55. The van der Waals surface area contributed by atoms with E-state index in [-0.39, 0.29) is 0 Å². The van der Waals surface area contributed by atoms with Crippen molar-refractivity contribution in [3.63, 3.8) is 0 Å². The monoisotopic (exact) mass is 228 g/mol. The molecule has 0 saturated carbocycles. The molecule has 3 heteroatoms. The van der Waals surface area contributed by atoms with Gasteiger partial charge < -0.3 is 10.1 Å². The SMILES string of the molecule is CCCNC(C)CC(C)N1CCOC(C)C1. The summed E-state index contributed by atoms with van der Waals surface area (Å²) in [5.74, 6) is 0. The third kappa shape index (κ3) is 4.81. The summed E-state index contributed by atoms with van der Waals surface area (Å²) in [6.07, 6.45) is 2.84. The van der Waals surface area contributed by atoms with Gasteiger partial charge in [-0.2, -0.15) is 0 Å². The van der Waals surface area contributed by atoms with Gasteiger partial charge in [-0.15, -0.1) is 0 Å². The molecule has 1 rings (SSSR count). The van der Waals surface area contributed by atoms with Gasteiger partial charge in [0.25, 0.3) is 0 Å². The van der Waals surface area contributed by atoms with Crippen LogP contribution in [0.5, 0.6) is 0 Å². The van der Waals surface area contributed by atoms with E-state index in [4.69, 9.17) is 4.74 Å². The summed E-state index contributed by atoms with van der Waals surface area (Å²) in [6, 6.07) is 1.28. The van der Waals surface area contributed by atoms with Crippen LogP contribution in [-0.2, 0) is 4.74 Å². The fourth-order valence-electron chi connectivity index (χ4n) is 2.38. The topological polar surface area (TPSA) is 24.5 Å². The average Bonchev–Trinajstić information content (AvgIpc) is 2.26. The summed E-state index contributed by atoms with van der Waals surface area (Å²) in [5, 5.41) is 3.56. The van der Waals surface area contributed by atoms with Gasteiger partial charge in [-0.05, 0) is 40.2 Å². The fraction of sp³-hybridized carbons (Fsp3) is 1.00. The van der Waals surface area contributed by atoms with Gasteiger partial charge in [0.05, 0.1) is 12.7 Å². The van der Waals surface area contributed by atoms with E-state index >= 15 is 0 Å². The zero-order valence-corrected chi connectivity index (χ0v) is 11.3. The molecule has 0 aromatic carbocycles. The predicted octanol–water partition coefficient (Wildman–Crippen LogP) is 1.87. The van der Waals surface area contributed by atoms with Gasteiger partial charge in [0.15, 0.2) is 0 Å². The van der Waals surface area contributed by atoms with E-state index in [2.05, 4.69) is 37.9 Å². The van der Waals surface area contributed by atoms with E-state index in [1.54, 1.807) is 0 Å². The second-order valence-corrected chi connectivity index (χ2v) is 5.12. The number of hydrogen-bond acceptors (Lipinski definition) is 3. The van der Waals surface area contributed by atoms with E-state index in [0.717, 1.165) is 26.2 Å². The van der Waals surface area contributed by atoms with Crippen molar-refractivity contribution in [2.45, 2.75) is 58.7 Å². The molecule has 1 heterocycles. The number of morpholine rings is 1. The zero-order valence-electron chi connectivity index (χ0n) is 11.3. The summed E-state index contributed by atoms with van der Waals surface area (Å²) >= 11 is 0. The molecule has 1 fully saturated rings. The molecule has 16 heavy (non-hydrogen) atoms. The Hall–Kier alpha value is -0.120. The molecule has 1 N–H and O–H groups in total. The van der Waals surface area contributed by atoms with Crippen LogP contribution < -0.4 is 5.32 Å². The Morgan fingerprint density at radius 3 is 2.81 bits per heavy atom. The number of nitrogens with zero attached hydrogens (tertiary/aromatic N) is 1. The lowest BCUT2D eigenvalue weighted by Crippen LogP contribution is -2.47.